The molecule has 0 saturated carbocycles. The van der Waals surface area contributed by atoms with Crippen molar-refractivity contribution in [3.8, 4) is 6.07 Å². The van der Waals surface area contributed by atoms with Gasteiger partial charge in [0.05, 0.1) is 11.6 Å². The van der Waals surface area contributed by atoms with Gasteiger partial charge < -0.3 is 10.1 Å². The van der Waals surface area contributed by atoms with Crippen molar-refractivity contribution in [1.29, 1.82) is 5.26 Å². The van der Waals surface area contributed by atoms with Gasteiger partial charge in [-0.2, -0.15) is 5.26 Å². The predicted octanol–water partition coefficient (Wildman–Crippen LogP) is 1.99. The highest BCUT2D eigenvalue weighted by Gasteiger charge is 2.32. The second kappa shape index (κ2) is 7.03. The number of amides is 1. The summed E-state index contributed by atoms with van der Waals surface area (Å²) in [5, 5.41) is 11.8. The maximum atomic E-state index is 12.1. The van der Waals surface area contributed by atoms with E-state index >= 15 is 0 Å². The van der Waals surface area contributed by atoms with Crippen molar-refractivity contribution in [3.05, 3.63) is 29.6 Å². The summed E-state index contributed by atoms with van der Waals surface area (Å²) in [6.45, 7) is 8.57. The van der Waals surface area contributed by atoms with Crippen LogP contribution in [0.3, 0.4) is 0 Å². The summed E-state index contributed by atoms with van der Waals surface area (Å²) < 4.78 is 5.11. The number of aromatic nitrogens is 1. The lowest BCUT2D eigenvalue weighted by Crippen LogP contribution is -2.52. The molecule has 1 N–H and O–H groups in total. The van der Waals surface area contributed by atoms with Crippen LogP contribution < -0.4 is 5.32 Å². The van der Waals surface area contributed by atoms with Crippen LogP contribution in [0.4, 0.5) is 0 Å². The van der Waals surface area contributed by atoms with Crippen LogP contribution in [0, 0.1) is 24.2 Å². The number of nitriles is 1. The summed E-state index contributed by atoms with van der Waals surface area (Å²) in [5.74, 6) is -1.21. The van der Waals surface area contributed by atoms with Crippen LogP contribution in [0.1, 0.15) is 43.7 Å². The van der Waals surface area contributed by atoms with E-state index in [1.165, 1.54) is 13.1 Å². The molecule has 1 aromatic heterocycles. The van der Waals surface area contributed by atoms with E-state index in [9.17, 15) is 14.9 Å². The summed E-state index contributed by atoms with van der Waals surface area (Å²) >= 11 is 0. The first-order valence-corrected chi connectivity index (χ1v) is 7.06. The Hall–Kier alpha value is -2.42. The zero-order valence-corrected chi connectivity index (χ0v) is 13.5. The fraction of sp³-hybridized carbons (Fsp3) is 0.500. The van der Waals surface area contributed by atoms with E-state index in [0.29, 0.717) is 0 Å². The average Bonchev–Trinajstić information content (AvgIpc) is 2.47. The topological polar surface area (TPSA) is 92.1 Å². The van der Waals surface area contributed by atoms with E-state index in [-0.39, 0.29) is 11.5 Å². The van der Waals surface area contributed by atoms with E-state index < -0.39 is 23.5 Å². The van der Waals surface area contributed by atoms with Gasteiger partial charge in [-0.3, -0.25) is 9.78 Å². The molecule has 6 nitrogen and oxygen atoms in total. The molecule has 0 spiro atoms. The Morgan fingerprint density at radius 1 is 1.36 bits per heavy atom. The number of ether oxygens (including phenoxy) is 1. The lowest BCUT2D eigenvalue weighted by atomic mass is 9.90. The molecule has 0 unspecified atom stereocenters. The molecule has 1 aromatic rings. The number of rotatable bonds is 5. The summed E-state index contributed by atoms with van der Waals surface area (Å²) in [5.41, 5.74) is 0.0459. The highest BCUT2D eigenvalue weighted by Crippen LogP contribution is 2.15. The van der Waals surface area contributed by atoms with Crippen LogP contribution in [-0.4, -0.2) is 28.5 Å². The number of nitrogens with zero attached hydrogens (tertiary/aromatic N) is 2. The SMILES string of the molecule is Cc1ccc(C(=O)O[C@H](C)C(=O)N[C@](C)(C#N)C(C)C)cn1. The number of hydrogen-bond donors (Lipinski definition) is 1. The van der Waals surface area contributed by atoms with E-state index in [1.807, 2.05) is 13.8 Å². The number of hydrogen-bond acceptors (Lipinski definition) is 5. The monoisotopic (exact) mass is 303 g/mol. The number of nitrogens with one attached hydrogen (secondary N) is 1. The molecule has 1 rings (SSSR count). The molecule has 22 heavy (non-hydrogen) atoms. The highest BCUT2D eigenvalue weighted by atomic mass is 16.5. The Morgan fingerprint density at radius 2 is 2.00 bits per heavy atom. The van der Waals surface area contributed by atoms with Crippen LogP contribution >= 0.6 is 0 Å². The van der Waals surface area contributed by atoms with Gasteiger partial charge in [0.2, 0.25) is 0 Å². The maximum absolute atomic E-state index is 12.1. The zero-order chi connectivity index (χ0) is 16.9. The van der Waals surface area contributed by atoms with Gasteiger partial charge in [0.25, 0.3) is 5.91 Å². The molecule has 0 aliphatic heterocycles. The third-order valence-electron chi connectivity index (χ3n) is 3.57. The summed E-state index contributed by atoms with van der Waals surface area (Å²) in [4.78, 5) is 28.0. The standard InChI is InChI=1S/C16H21N3O3/c1-10(2)16(5,9-17)19-14(20)12(4)22-15(21)13-7-6-11(3)18-8-13/h6-8,10,12H,1-5H3,(H,19,20)/t12-,16-/m1/s1. The minimum atomic E-state index is -1.01. The number of esters is 1. The highest BCUT2D eigenvalue weighted by molar-refractivity contribution is 5.92. The first-order chi connectivity index (χ1) is 10.2. The van der Waals surface area contributed by atoms with Crippen molar-refractivity contribution in [2.24, 2.45) is 5.92 Å². The molecule has 6 heteroatoms. The number of aryl methyl sites for hydroxylation is 1. The van der Waals surface area contributed by atoms with Crippen LogP contribution in [0.5, 0.6) is 0 Å². The minimum absolute atomic E-state index is 0.0781. The van der Waals surface area contributed by atoms with E-state index in [2.05, 4.69) is 16.4 Å². The molecule has 1 amide bonds. The van der Waals surface area contributed by atoms with E-state index in [4.69, 9.17) is 4.74 Å². The summed E-state index contributed by atoms with van der Waals surface area (Å²) in [6.07, 6.45) is 0.399. The summed E-state index contributed by atoms with van der Waals surface area (Å²) in [6, 6.07) is 5.35. The molecular formula is C16H21N3O3. The smallest absolute Gasteiger partial charge is 0.340 e. The second-order valence-electron chi connectivity index (χ2n) is 5.69. The largest absolute Gasteiger partial charge is 0.449 e. The van der Waals surface area contributed by atoms with E-state index in [1.54, 1.807) is 26.0 Å². The van der Waals surface area contributed by atoms with Crippen LogP contribution in [0.25, 0.3) is 0 Å². The first kappa shape index (κ1) is 17.6. The second-order valence-corrected chi connectivity index (χ2v) is 5.69. The molecule has 0 saturated heterocycles. The Bertz CT molecular complexity index is 590. The first-order valence-electron chi connectivity index (χ1n) is 7.06. The van der Waals surface area contributed by atoms with Crippen molar-refractivity contribution in [1.82, 2.24) is 10.3 Å². The van der Waals surface area contributed by atoms with Gasteiger partial charge in [0.15, 0.2) is 6.10 Å². The average molecular weight is 303 g/mol. The van der Waals surface area contributed by atoms with Crippen molar-refractivity contribution >= 4 is 11.9 Å². The predicted molar refractivity (Wildman–Crippen MR) is 80.9 cm³/mol. The van der Waals surface area contributed by atoms with E-state index in [0.717, 1.165) is 5.69 Å². The zero-order valence-electron chi connectivity index (χ0n) is 13.5. The van der Waals surface area contributed by atoms with Crippen LogP contribution in [0.15, 0.2) is 18.3 Å². The van der Waals surface area contributed by atoms with Gasteiger partial charge in [-0.1, -0.05) is 13.8 Å². The summed E-state index contributed by atoms with van der Waals surface area (Å²) in [7, 11) is 0. The van der Waals surface area contributed by atoms with Crippen molar-refractivity contribution in [2.45, 2.75) is 46.3 Å². The molecule has 1 heterocycles. The fourth-order valence-electron chi connectivity index (χ4n) is 1.53. The van der Waals surface area contributed by atoms with Crippen LogP contribution in [0.2, 0.25) is 0 Å². The molecule has 2 atom stereocenters. The number of pyridine rings is 1. The molecule has 0 aliphatic carbocycles. The van der Waals surface area contributed by atoms with Gasteiger partial charge in [-0.25, -0.2) is 4.79 Å². The molecule has 0 aliphatic rings. The van der Waals surface area contributed by atoms with Gasteiger partial charge in [0, 0.05) is 11.9 Å². The van der Waals surface area contributed by atoms with Gasteiger partial charge in [0.1, 0.15) is 5.54 Å². The Labute approximate surface area is 130 Å². The number of carbonyl (C=O) groups excluding carboxylic acids is 2. The number of carbonyl (C=O) groups is 2. The molecule has 0 radical (unpaired) electrons. The minimum Gasteiger partial charge on any atom is -0.449 e. The molecule has 118 valence electrons. The molecule has 0 bridgehead atoms. The molecule has 0 aromatic carbocycles. The van der Waals surface area contributed by atoms with Gasteiger partial charge in [-0.05, 0) is 38.8 Å². The quantitative estimate of drug-likeness (QED) is 0.840. The van der Waals surface area contributed by atoms with Crippen molar-refractivity contribution < 1.29 is 14.3 Å². The Balaban J connectivity index is 2.70. The Kier molecular flexibility index (Phi) is 5.63. The van der Waals surface area contributed by atoms with Gasteiger partial charge >= 0.3 is 5.97 Å². The van der Waals surface area contributed by atoms with Crippen molar-refractivity contribution in [3.63, 3.8) is 0 Å². The van der Waals surface area contributed by atoms with Crippen LogP contribution in [-0.2, 0) is 9.53 Å². The molecular weight excluding hydrogens is 282 g/mol. The fourth-order valence-corrected chi connectivity index (χ4v) is 1.53. The maximum Gasteiger partial charge on any atom is 0.340 e. The van der Waals surface area contributed by atoms with Crippen molar-refractivity contribution in [2.75, 3.05) is 0 Å². The molecule has 0 fully saturated rings. The normalized spacial score (nSPS) is 14.6. The van der Waals surface area contributed by atoms with Gasteiger partial charge in [-0.15, -0.1) is 0 Å². The lowest BCUT2D eigenvalue weighted by molar-refractivity contribution is -0.130. The third-order valence-corrected chi connectivity index (χ3v) is 3.57. The third kappa shape index (κ3) is 4.29. The lowest BCUT2D eigenvalue weighted by Gasteiger charge is -2.28. The Morgan fingerprint density at radius 3 is 2.45 bits per heavy atom.